The fourth-order valence-corrected chi connectivity index (χ4v) is 6.50. The normalized spacial score (nSPS) is 12.8. The van der Waals surface area contributed by atoms with Gasteiger partial charge >= 0.3 is 0 Å². The molecule has 170 valence electrons. The van der Waals surface area contributed by atoms with Crippen molar-refractivity contribution in [1.82, 2.24) is 19.6 Å². The zero-order valence-corrected chi connectivity index (χ0v) is 19.8. The van der Waals surface area contributed by atoms with E-state index in [0.29, 0.717) is 0 Å². The van der Waals surface area contributed by atoms with E-state index in [1.807, 2.05) is 0 Å². The van der Waals surface area contributed by atoms with Crippen LogP contribution in [-0.4, -0.2) is 26.3 Å². The molecule has 0 radical (unpaired) electrons. The van der Waals surface area contributed by atoms with Crippen molar-refractivity contribution in [2.24, 2.45) is 0 Å². The van der Waals surface area contributed by atoms with Gasteiger partial charge in [0.15, 0.2) is 0 Å². The van der Waals surface area contributed by atoms with Crippen molar-refractivity contribution in [2.75, 3.05) is 0 Å². The van der Waals surface area contributed by atoms with E-state index < -0.39 is 0 Å². The summed E-state index contributed by atoms with van der Waals surface area (Å²) in [4.78, 5) is 0. The van der Waals surface area contributed by atoms with E-state index in [4.69, 9.17) is 10.2 Å². The molecule has 0 amide bonds. The minimum absolute atomic E-state index is 0.124. The Morgan fingerprint density at radius 1 is 0.459 bits per heavy atom. The number of benzene rings is 5. The number of fused-ring (bicyclic) bond motifs is 4. The molecule has 0 atom stereocenters. The second-order valence-corrected chi connectivity index (χ2v) is 9.88. The lowest BCUT2D eigenvalue weighted by molar-refractivity contribution is 0.895. The van der Waals surface area contributed by atoms with Crippen molar-refractivity contribution >= 4 is 44.9 Å². The molecule has 0 N–H and O–H groups in total. The summed E-state index contributed by atoms with van der Waals surface area (Å²) in [6.07, 6.45) is 0. The predicted molar refractivity (Wildman–Crippen MR) is 151 cm³/mol. The lowest BCUT2D eigenvalue weighted by atomic mass is 9.34. The first-order chi connectivity index (χ1) is 18.4. The van der Waals surface area contributed by atoms with Gasteiger partial charge in [-0.1, -0.05) is 103 Å². The van der Waals surface area contributed by atoms with Crippen LogP contribution in [0.4, 0.5) is 0 Å². The Bertz CT molecular complexity index is 1890. The molecule has 0 spiro atoms. The third kappa shape index (κ3) is 2.39. The van der Waals surface area contributed by atoms with Crippen LogP contribution in [0.15, 0.2) is 115 Å². The van der Waals surface area contributed by atoms with Crippen LogP contribution in [0.3, 0.4) is 0 Å². The standard InChI is InChI=1S/C32H19BN4/c1-3-10-20(11-4-1)29-22-14-7-16-24-31(22)36(34-29)26-18-9-19-27-28(26)33(24)25-17-8-15-23-30(35-37(27)32(23)25)21-12-5-2-6-13-21/h1-19H. The average molecular weight is 470 g/mol. The van der Waals surface area contributed by atoms with Crippen molar-refractivity contribution in [1.29, 1.82) is 0 Å². The fraction of sp³-hybridized carbons (Fsp3) is 0. The van der Waals surface area contributed by atoms with E-state index in [-0.39, 0.29) is 6.71 Å². The van der Waals surface area contributed by atoms with Gasteiger partial charge in [0.25, 0.3) is 6.71 Å². The maximum absolute atomic E-state index is 5.21. The molecule has 2 aliphatic heterocycles. The maximum Gasteiger partial charge on any atom is 0.252 e. The zero-order chi connectivity index (χ0) is 24.1. The minimum Gasteiger partial charge on any atom is -0.233 e. The van der Waals surface area contributed by atoms with Crippen molar-refractivity contribution in [3.8, 4) is 33.9 Å². The van der Waals surface area contributed by atoms with Gasteiger partial charge in [-0.2, -0.15) is 10.2 Å². The first-order valence-corrected chi connectivity index (χ1v) is 12.7. The molecule has 0 bridgehead atoms. The molecule has 5 aromatic carbocycles. The fourth-order valence-electron chi connectivity index (χ4n) is 6.50. The average Bonchev–Trinajstić information content (AvgIpc) is 3.55. The van der Waals surface area contributed by atoms with Crippen molar-refractivity contribution in [2.45, 2.75) is 0 Å². The Morgan fingerprint density at radius 2 is 0.919 bits per heavy atom. The van der Waals surface area contributed by atoms with E-state index in [9.17, 15) is 0 Å². The monoisotopic (exact) mass is 470 g/mol. The number of hydrogen-bond donors (Lipinski definition) is 0. The van der Waals surface area contributed by atoms with Gasteiger partial charge in [0, 0.05) is 21.9 Å². The highest BCUT2D eigenvalue weighted by molar-refractivity contribution is 7.00. The molecule has 2 aliphatic rings. The third-order valence-electron chi connectivity index (χ3n) is 7.99. The van der Waals surface area contributed by atoms with Crippen LogP contribution in [0.1, 0.15) is 0 Å². The van der Waals surface area contributed by atoms with E-state index in [1.165, 1.54) is 38.2 Å². The molecule has 4 heterocycles. The summed E-state index contributed by atoms with van der Waals surface area (Å²) >= 11 is 0. The van der Waals surface area contributed by atoms with Crippen LogP contribution in [-0.2, 0) is 0 Å². The summed E-state index contributed by atoms with van der Waals surface area (Å²) in [7, 11) is 0. The summed E-state index contributed by atoms with van der Waals surface area (Å²) < 4.78 is 4.32. The quantitative estimate of drug-likeness (QED) is 0.339. The van der Waals surface area contributed by atoms with Gasteiger partial charge in [-0.05, 0) is 28.5 Å². The predicted octanol–water partition coefficient (Wildman–Crippen LogP) is 4.84. The first-order valence-electron chi connectivity index (χ1n) is 12.7. The molecule has 0 aliphatic carbocycles. The largest absolute Gasteiger partial charge is 0.252 e. The molecule has 7 aromatic rings. The van der Waals surface area contributed by atoms with Crippen molar-refractivity contribution < 1.29 is 0 Å². The Morgan fingerprint density at radius 3 is 1.41 bits per heavy atom. The number of hydrogen-bond acceptors (Lipinski definition) is 2. The summed E-state index contributed by atoms with van der Waals surface area (Å²) in [6, 6.07) is 40.9. The van der Waals surface area contributed by atoms with Gasteiger partial charge in [0.2, 0.25) is 0 Å². The highest BCUT2D eigenvalue weighted by Gasteiger charge is 2.40. The highest BCUT2D eigenvalue weighted by Crippen LogP contribution is 2.35. The van der Waals surface area contributed by atoms with E-state index >= 15 is 0 Å². The number of para-hydroxylation sites is 2. The van der Waals surface area contributed by atoms with Gasteiger partial charge in [-0.3, -0.25) is 0 Å². The van der Waals surface area contributed by atoms with E-state index in [2.05, 4.69) is 125 Å². The van der Waals surface area contributed by atoms with Gasteiger partial charge in [-0.25, -0.2) is 9.36 Å². The van der Waals surface area contributed by atoms with Crippen LogP contribution in [0, 0.1) is 0 Å². The van der Waals surface area contributed by atoms with E-state index in [0.717, 1.165) is 33.9 Å². The third-order valence-corrected chi connectivity index (χ3v) is 7.99. The Kier molecular flexibility index (Phi) is 3.58. The van der Waals surface area contributed by atoms with Gasteiger partial charge in [-0.15, -0.1) is 0 Å². The summed E-state index contributed by atoms with van der Waals surface area (Å²) in [5.74, 6) is 0. The molecule has 0 unspecified atom stereocenters. The summed E-state index contributed by atoms with van der Waals surface area (Å²) in [6.45, 7) is 0.124. The topological polar surface area (TPSA) is 35.6 Å². The van der Waals surface area contributed by atoms with Crippen molar-refractivity contribution in [3.63, 3.8) is 0 Å². The van der Waals surface area contributed by atoms with Gasteiger partial charge in [0.1, 0.15) is 11.4 Å². The molecular formula is C32H19BN4. The number of nitrogens with zero attached hydrogens (tertiary/aromatic N) is 4. The Labute approximate surface area is 213 Å². The minimum atomic E-state index is 0.124. The Hall–Kier alpha value is -4.90. The Balaban J connectivity index is 1.41. The molecule has 37 heavy (non-hydrogen) atoms. The zero-order valence-electron chi connectivity index (χ0n) is 19.8. The first kappa shape index (κ1) is 19.3. The molecular weight excluding hydrogens is 451 g/mol. The lowest BCUT2D eigenvalue weighted by Crippen LogP contribution is -2.59. The molecule has 0 fully saturated rings. The molecule has 9 rings (SSSR count). The summed E-state index contributed by atoms with van der Waals surface area (Å²) in [5.41, 5.74) is 12.9. The summed E-state index contributed by atoms with van der Waals surface area (Å²) in [5, 5.41) is 12.8. The van der Waals surface area contributed by atoms with E-state index in [1.54, 1.807) is 0 Å². The molecule has 0 saturated carbocycles. The number of rotatable bonds is 2. The van der Waals surface area contributed by atoms with Gasteiger partial charge < -0.3 is 0 Å². The van der Waals surface area contributed by atoms with Crippen LogP contribution in [0.5, 0.6) is 0 Å². The molecule has 2 aromatic heterocycles. The second kappa shape index (κ2) is 6.86. The van der Waals surface area contributed by atoms with Crippen LogP contribution < -0.4 is 16.4 Å². The molecule has 5 heteroatoms. The lowest BCUT2D eigenvalue weighted by Gasteiger charge is -2.31. The second-order valence-electron chi connectivity index (χ2n) is 9.88. The van der Waals surface area contributed by atoms with Crippen molar-refractivity contribution in [3.05, 3.63) is 115 Å². The maximum atomic E-state index is 5.21. The van der Waals surface area contributed by atoms with Crippen LogP contribution >= 0.6 is 0 Å². The van der Waals surface area contributed by atoms with Crippen LogP contribution in [0.2, 0.25) is 0 Å². The highest BCUT2D eigenvalue weighted by atomic mass is 15.3. The SMILES string of the molecule is c1ccc(-c2nn3c4c(cccc24)B2c4c-3cccc4-n3nc(-c4ccccc4)c4cccc2c43)cc1. The van der Waals surface area contributed by atoms with Gasteiger partial charge in [0.05, 0.1) is 22.4 Å². The van der Waals surface area contributed by atoms with Crippen LogP contribution in [0.25, 0.3) is 55.7 Å². The molecule has 0 saturated heterocycles. The smallest absolute Gasteiger partial charge is 0.233 e. The molecule has 4 nitrogen and oxygen atoms in total. The number of aromatic nitrogens is 4.